The van der Waals surface area contributed by atoms with Crippen LogP contribution in [0.3, 0.4) is 0 Å². The fourth-order valence-corrected chi connectivity index (χ4v) is 2.93. The van der Waals surface area contributed by atoms with E-state index >= 15 is 0 Å². The van der Waals surface area contributed by atoms with Gasteiger partial charge in [0.15, 0.2) is 5.82 Å². The monoisotopic (exact) mass is 346 g/mol. The van der Waals surface area contributed by atoms with E-state index < -0.39 is 0 Å². The quantitative estimate of drug-likeness (QED) is 0.837. The molecule has 3 rings (SSSR count). The van der Waals surface area contributed by atoms with Gasteiger partial charge in [-0.15, -0.1) is 0 Å². The van der Waals surface area contributed by atoms with Crippen LogP contribution >= 0.6 is 0 Å². The summed E-state index contributed by atoms with van der Waals surface area (Å²) >= 11 is 0. The summed E-state index contributed by atoms with van der Waals surface area (Å²) in [5, 5.41) is 7.02. The molecule has 1 amide bonds. The first-order valence-electron chi connectivity index (χ1n) is 8.19. The molecular formula is C17H22N4O4. The summed E-state index contributed by atoms with van der Waals surface area (Å²) in [5.41, 5.74) is 0.984. The first kappa shape index (κ1) is 17.4. The van der Waals surface area contributed by atoms with Crippen LogP contribution in [-0.2, 0) is 16.1 Å². The fourth-order valence-electron chi connectivity index (χ4n) is 2.93. The van der Waals surface area contributed by atoms with Gasteiger partial charge >= 0.3 is 0 Å². The molecule has 8 nitrogen and oxygen atoms in total. The largest absolute Gasteiger partial charge is 0.496 e. The highest BCUT2D eigenvalue weighted by Gasteiger charge is 2.29. The summed E-state index contributed by atoms with van der Waals surface area (Å²) < 4.78 is 15.9. The molecule has 0 bridgehead atoms. The molecule has 0 spiro atoms. The van der Waals surface area contributed by atoms with Crippen molar-refractivity contribution in [3.63, 3.8) is 0 Å². The highest BCUT2D eigenvalue weighted by Crippen LogP contribution is 2.30. The zero-order chi connectivity index (χ0) is 17.6. The summed E-state index contributed by atoms with van der Waals surface area (Å²) in [5.74, 6) is 1.61. The van der Waals surface area contributed by atoms with Crippen LogP contribution in [0.15, 0.2) is 28.8 Å². The molecule has 25 heavy (non-hydrogen) atoms. The first-order chi connectivity index (χ1) is 12.2. The Morgan fingerprint density at radius 1 is 1.44 bits per heavy atom. The van der Waals surface area contributed by atoms with Crippen molar-refractivity contribution in [3.05, 3.63) is 41.5 Å². The number of rotatable bonds is 6. The lowest BCUT2D eigenvalue weighted by atomic mass is 10.0. The average Bonchev–Trinajstić information content (AvgIpc) is 3.06. The third-order valence-electron chi connectivity index (χ3n) is 4.08. The Labute approximate surface area is 146 Å². The lowest BCUT2D eigenvalue weighted by Gasteiger charge is -2.37. The van der Waals surface area contributed by atoms with E-state index in [1.54, 1.807) is 14.0 Å². The molecule has 1 aliphatic heterocycles. The summed E-state index contributed by atoms with van der Waals surface area (Å²) in [6.45, 7) is 3.86. The van der Waals surface area contributed by atoms with Gasteiger partial charge in [0.05, 0.1) is 13.2 Å². The summed E-state index contributed by atoms with van der Waals surface area (Å²) in [7, 11) is 1.64. The van der Waals surface area contributed by atoms with E-state index in [-0.39, 0.29) is 25.2 Å². The van der Waals surface area contributed by atoms with Crippen molar-refractivity contribution < 1.29 is 18.8 Å². The topological polar surface area (TPSA) is 89.7 Å². The molecule has 2 aromatic rings. The standard InChI is InChI=1S/C17H22N4O4/c1-12-19-16(25-20-12)10-24-11-17(22)21-8-7-18-9-14(21)13-5-3-4-6-15(13)23-2/h3-6,14,18H,7-11H2,1-2H3. The number of carbonyl (C=O) groups is 1. The number of aryl methyl sites for hydroxylation is 1. The normalized spacial score (nSPS) is 17.5. The Bertz CT molecular complexity index is 718. The molecule has 1 aliphatic rings. The molecule has 1 N–H and O–H groups in total. The van der Waals surface area contributed by atoms with E-state index in [9.17, 15) is 4.79 Å². The molecule has 1 unspecified atom stereocenters. The molecule has 1 aromatic heterocycles. The van der Waals surface area contributed by atoms with Crippen LogP contribution in [0.25, 0.3) is 0 Å². The Morgan fingerprint density at radius 2 is 2.28 bits per heavy atom. The number of methoxy groups -OCH3 is 1. The zero-order valence-electron chi connectivity index (χ0n) is 14.4. The average molecular weight is 346 g/mol. The van der Waals surface area contributed by atoms with Gasteiger partial charge in [-0.05, 0) is 13.0 Å². The number of carbonyl (C=O) groups excluding carboxylic acids is 1. The second kappa shape index (κ2) is 8.09. The predicted octanol–water partition coefficient (Wildman–Crippen LogP) is 1.08. The van der Waals surface area contributed by atoms with Gasteiger partial charge in [-0.3, -0.25) is 4.79 Å². The van der Waals surface area contributed by atoms with Crippen molar-refractivity contribution in [2.24, 2.45) is 0 Å². The highest BCUT2D eigenvalue weighted by atomic mass is 16.5. The van der Waals surface area contributed by atoms with Gasteiger partial charge in [-0.1, -0.05) is 23.4 Å². The van der Waals surface area contributed by atoms with Crippen LogP contribution in [0, 0.1) is 6.92 Å². The van der Waals surface area contributed by atoms with Crippen LogP contribution in [0.1, 0.15) is 23.3 Å². The molecule has 1 aromatic carbocycles. The lowest BCUT2D eigenvalue weighted by molar-refractivity contribution is -0.140. The van der Waals surface area contributed by atoms with Crippen LogP contribution in [0.2, 0.25) is 0 Å². The highest BCUT2D eigenvalue weighted by molar-refractivity contribution is 5.78. The van der Waals surface area contributed by atoms with E-state index in [0.29, 0.717) is 24.8 Å². The molecule has 0 radical (unpaired) electrons. The van der Waals surface area contributed by atoms with Gasteiger partial charge in [0.1, 0.15) is 19.0 Å². The summed E-state index contributed by atoms with van der Waals surface area (Å²) in [4.78, 5) is 18.5. The zero-order valence-corrected chi connectivity index (χ0v) is 14.4. The maximum Gasteiger partial charge on any atom is 0.252 e. The molecule has 1 fully saturated rings. The molecule has 1 saturated heterocycles. The molecular weight excluding hydrogens is 324 g/mol. The maximum atomic E-state index is 12.6. The Hall–Kier alpha value is -2.45. The number of nitrogens with one attached hydrogen (secondary N) is 1. The van der Waals surface area contributed by atoms with Crippen molar-refractivity contribution in [1.82, 2.24) is 20.4 Å². The van der Waals surface area contributed by atoms with E-state index in [1.807, 2.05) is 29.2 Å². The fraction of sp³-hybridized carbons (Fsp3) is 0.471. The van der Waals surface area contributed by atoms with Crippen LogP contribution in [-0.4, -0.2) is 54.3 Å². The van der Waals surface area contributed by atoms with Crippen molar-refractivity contribution in [2.45, 2.75) is 19.6 Å². The molecule has 134 valence electrons. The lowest BCUT2D eigenvalue weighted by Crippen LogP contribution is -2.49. The van der Waals surface area contributed by atoms with Crippen molar-refractivity contribution in [1.29, 1.82) is 0 Å². The van der Waals surface area contributed by atoms with E-state index in [0.717, 1.165) is 17.9 Å². The number of hydrogen-bond donors (Lipinski definition) is 1. The Morgan fingerprint density at radius 3 is 3.04 bits per heavy atom. The molecule has 0 saturated carbocycles. The molecule has 1 atom stereocenters. The second-order valence-electron chi connectivity index (χ2n) is 5.78. The van der Waals surface area contributed by atoms with Gasteiger partial charge in [0.25, 0.3) is 5.89 Å². The first-order valence-corrected chi connectivity index (χ1v) is 8.19. The van der Waals surface area contributed by atoms with E-state index in [4.69, 9.17) is 14.0 Å². The van der Waals surface area contributed by atoms with Gasteiger partial charge in [0.2, 0.25) is 5.91 Å². The number of piperazine rings is 1. The molecule has 8 heteroatoms. The van der Waals surface area contributed by atoms with Crippen LogP contribution in [0.5, 0.6) is 5.75 Å². The van der Waals surface area contributed by atoms with Gasteiger partial charge in [0, 0.05) is 25.2 Å². The number of benzene rings is 1. The minimum absolute atomic E-state index is 0.0346. The number of ether oxygens (including phenoxy) is 2. The van der Waals surface area contributed by atoms with Crippen molar-refractivity contribution in [2.75, 3.05) is 33.4 Å². The number of nitrogens with zero attached hydrogens (tertiary/aromatic N) is 3. The second-order valence-corrected chi connectivity index (χ2v) is 5.78. The molecule has 0 aliphatic carbocycles. The van der Waals surface area contributed by atoms with Gasteiger partial charge in [-0.25, -0.2) is 0 Å². The minimum atomic E-state index is -0.0911. The molecule has 2 heterocycles. The smallest absolute Gasteiger partial charge is 0.252 e. The van der Waals surface area contributed by atoms with Gasteiger partial charge < -0.3 is 24.2 Å². The third kappa shape index (κ3) is 4.15. The summed E-state index contributed by atoms with van der Waals surface area (Å²) in [6, 6.07) is 7.66. The van der Waals surface area contributed by atoms with Crippen LogP contribution in [0.4, 0.5) is 0 Å². The van der Waals surface area contributed by atoms with E-state index in [2.05, 4.69) is 15.5 Å². The minimum Gasteiger partial charge on any atom is -0.496 e. The van der Waals surface area contributed by atoms with Crippen molar-refractivity contribution >= 4 is 5.91 Å². The SMILES string of the molecule is COc1ccccc1C1CNCCN1C(=O)COCc1nc(C)no1. The third-order valence-corrected chi connectivity index (χ3v) is 4.08. The van der Waals surface area contributed by atoms with E-state index in [1.165, 1.54) is 0 Å². The van der Waals surface area contributed by atoms with Crippen molar-refractivity contribution in [3.8, 4) is 5.75 Å². The van der Waals surface area contributed by atoms with Crippen LogP contribution < -0.4 is 10.1 Å². The Balaban J connectivity index is 1.64. The number of aromatic nitrogens is 2. The maximum absolute atomic E-state index is 12.6. The predicted molar refractivity (Wildman–Crippen MR) is 89.0 cm³/mol. The number of hydrogen-bond acceptors (Lipinski definition) is 7. The number of amides is 1. The number of para-hydroxylation sites is 1. The summed E-state index contributed by atoms with van der Waals surface area (Å²) in [6.07, 6.45) is 0. The van der Waals surface area contributed by atoms with Gasteiger partial charge in [-0.2, -0.15) is 4.98 Å². The Kier molecular flexibility index (Phi) is 5.62.